The van der Waals surface area contributed by atoms with Crippen LogP contribution in [-0.2, 0) is 6.54 Å². The van der Waals surface area contributed by atoms with E-state index in [9.17, 15) is 24.5 Å². The van der Waals surface area contributed by atoms with Crippen LogP contribution in [0.4, 0.5) is 15.8 Å². The Labute approximate surface area is 176 Å². The number of nitro groups is 1. The highest BCUT2D eigenvalue weighted by Gasteiger charge is 2.50. The van der Waals surface area contributed by atoms with Gasteiger partial charge in [0.1, 0.15) is 5.82 Å². The third kappa shape index (κ3) is 3.59. The van der Waals surface area contributed by atoms with Crippen LogP contribution < -0.4 is 14.1 Å². The third-order valence-corrected chi connectivity index (χ3v) is 7.46. The lowest BCUT2D eigenvalue weighted by Gasteiger charge is -2.44. The highest BCUT2D eigenvalue weighted by atomic mass is 35.5. The summed E-state index contributed by atoms with van der Waals surface area (Å²) in [4.78, 5) is 24.6. The van der Waals surface area contributed by atoms with Gasteiger partial charge in [0.15, 0.2) is 5.75 Å². The Morgan fingerprint density at radius 1 is 1.17 bits per heavy atom. The predicted molar refractivity (Wildman–Crippen MR) is 110 cm³/mol. The molecule has 0 aliphatic carbocycles. The summed E-state index contributed by atoms with van der Waals surface area (Å²) >= 11 is 5.91. The quantitative estimate of drug-likeness (QED) is 0.356. The lowest BCUT2D eigenvalue weighted by molar-refractivity contribution is -0.385. The maximum Gasteiger partial charge on any atom is 0.280 e. The predicted octanol–water partition coefficient (Wildman–Crippen LogP) is 4.60. The fourth-order valence-electron chi connectivity index (χ4n) is 3.24. The summed E-state index contributed by atoms with van der Waals surface area (Å²) in [7, 11) is -4.09. The van der Waals surface area contributed by atoms with Gasteiger partial charge in [-0.1, -0.05) is 41.9 Å². The molecular weight excluding hydrogens is 434 g/mol. The van der Waals surface area contributed by atoms with E-state index in [1.807, 2.05) is 0 Å². The second kappa shape index (κ2) is 7.81. The molecule has 0 fully saturated rings. The maximum absolute atomic E-state index is 14.1. The van der Waals surface area contributed by atoms with Gasteiger partial charge < -0.3 is 14.5 Å². The van der Waals surface area contributed by atoms with Gasteiger partial charge in [0, 0.05) is 23.3 Å². The molecule has 0 bridgehead atoms. The Morgan fingerprint density at radius 3 is 2.67 bits per heavy atom. The van der Waals surface area contributed by atoms with Crippen LogP contribution in [0.1, 0.15) is 17.0 Å². The van der Waals surface area contributed by atoms with Crippen LogP contribution in [0.3, 0.4) is 0 Å². The number of nitrogens with zero attached hydrogens (tertiary/aromatic N) is 2. The number of anilines is 1. The van der Waals surface area contributed by atoms with Crippen molar-refractivity contribution >= 4 is 30.8 Å². The van der Waals surface area contributed by atoms with Gasteiger partial charge in [-0.15, -0.1) is 0 Å². The monoisotopic (exact) mass is 448 g/mol. The van der Waals surface area contributed by atoms with E-state index in [0.717, 1.165) is 12.1 Å². The first-order chi connectivity index (χ1) is 14.3. The minimum Gasteiger partial charge on any atom is -0.627 e. The third-order valence-electron chi connectivity index (χ3n) is 4.75. The Morgan fingerprint density at radius 2 is 1.93 bits per heavy atom. The van der Waals surface area contributed by atoms with Crippen LogP contribution in [0, 0.1) is 15.9 Å². The SMILES string of the molecule is O=[N+]([O-])c1cccc(C(O)[P+]2([O-])Oc3ccccc3CN2c2ccc(F)c(Cl)c2)c1. The number of halogens is 2. The number of aliphatic hydroxyl groups is 1. The van der Waals surface area contributed by atoms with Gasteiger partial charge in [0.05, 0.1) is 22.2 Å². The van der Waals surface area contributed by atoms with Crippen molar-refractivity contribution in [1.29, 1.82) is 0 Å². The number of benzene rings is 3. The molecule has 0 radical (unpaired) electrons. The molecule has 1 aliphatic heterocycles. The van der Waals surface area contributed by atoms with Crippen molar-refractivity contribution < 1.29 is 23.8 Å². The molecule has 0 saturated carbocycles. The molecule has 2 unspecified atom stereocenters. The first-order valence-corrected chi connectivity index (χ1v) is 10.8. The van der Waals surface area contributed by atoms with Crippen LogP contribution in [0.5, 0.6) is 5.75 Å². The summed E-state index contributed by atoms with van der Waals surface area (Å²) < 4.78 is 20.8. The van der Waals surface area contributed by atoms with E-state index in [2.05, 4.69) is 0 Å². The standard InChI is InChI=1S/C20H15ClFN2O5P/c21-17-11-15(8-9-18(17)22)23-12-14-4-1-2-7-19(14)29-30(23,28)20(25)13-5-3-6-16(10-13)24(26)27/h1-11,20,25H,12H2. The zero-order chi connectivity index (χ0) is 21.5. The van der Waals surface area contributed by atoms with Crippen LogP contribution in [0.25, 0.3) is 0 Å². The van der Waals surface area contributed by atoms with Crippen molar-refractivity contribution in [3.8, 4) is 5.75 Å². The highest BCUT2D eigenvalue weighted by molar-refractivity contribution is 7.66. The molecule has 0 amide bonds. The summed E-state index contributed by atoms with van der Waals surface area (Å²) in [5, 5.41) is 22.0. The summed E-state index contributed by atoms with van der Waals surface area (Å²) in [6, 6.07) is 15.9. The number of para-hydroxylation sites is 1. The van der Waals surface area contributed by atoms with Crippen molar-refractivity contribution in [3.05, 3.63) is 98.8 Å². The zero-order valence-corrected chi connectivity index (χ0v) is 17.0. The summed E-state index contributed by atoms with van der Waals surface area (Å²) in [6.07, 6.45) is 0. The Kier molecular flexibility index (Phi) is 5.34. The number of non-ortho nitro benzene ring substituents is 1. The molecule has 4 rings (SSSR count). The minimum absolute atomic E-state index is 0.0603. The van der Waals surface area contributed by atoms with Crippen molar-refractivity contribution in [2.24, 2.45) is 0 Å². The minimum atomic E-state index is -4.09. The molecule has 1 heterocycles. The molecule has 3 aromatic carbocycles. The molecule has 1 N–H and O–H groups in total. The van der Waals surface area contributed by atoms with E-state index in [1.54, 1.807) is 24.3 Å². The largest absolute Gasteiger partial charge is 0.627 e. The Hall–Kier alpha value is -2.77. The first kappa shape index (κ1) is 20.5. The lowest BCUT2D eigenvalue weighted by atomic mass is 10.2. The average molecular weight is 449 g/mol. The first-order valence-electron chi connectivity index (χ1n) is 8.82. The van der Waals surface area contributed by atoms with Gasteiger partial charge in [-0.05, 0) is 24.3 Å². The van der Waals surface area contributed by atoms with E-state index in [0.29, 0.717) is 11.3 Å². The molecule has 1 aliphatic rings. The molecule has 2 atom stereocenters. The maximum atomic E-state index is 14.1. The number of rotatable bonds is 4. The van der Waals surface area contributed by atoms with Gasteiger partial charge in [0.25, 0.3) is 13.6 Å². The fraction of sp³-hybridized carbons (Fsp3) is 0.100. The van der Waals surface area contributed by atoms with E-state index in [-0.39, 0.29) is 28.5 Å². The highest BCUT2D eigenvalue weighted by Crippen LogP contribution is 2.68. The Balaban J connectivity index is 1.83. The second-order valence-electron chi connectivity index (χ2n) is 6.64. The molecule has 10 heteroatoms. The second-order valence-corrected chi connectivity index (χ2v) is 9.33. The number of hydrogen-bond acceptors (Lipinski definition) is 6. The van der Waals surface area contributed by atoms with Gasteiger partial charge in [-0.25, -0.2) is 9.06 Å². The van der Waals surface area contributed by atoms with Gasteiger partial charge in [0.2, 0.25) is 5.85 Å². The molecule has 0 saturated heterocycles. The van der Waals surface area contributed by atoms with Gasteiger partial charge >= 0.3 is 0 Å². The average Bonchev–Trinajstić information content (AvgIpc) is 2.74. The van der Waals surface area contributed by atoms with E-state index < -0.39 is 24.5 Å². The van der Waals surface area contributed by atoms with Gasteiger partial charge in [-0.2, -0.15) is 0 Å². The summed E-state index contributed by atoms with van der Waals surface area (Å²) in [5.41, 5.74) is 0.788. The molecule has 30 heavy (non-hydrogen) atoms. The lowest BCUT2D eigenvalue weighted by Crippen LogP contribution is -2.40. The summed E-state index contributed by atoms with van der Waals surface area (Å²) in [6.45, 7) is 0.0986. The van der Waals surface area contributed by atoms with Crippen LogP contribution in [0.15, 0.2) is 66.7 Å². The van der Waals surface area contributed by atoms with E-state index in [4.69, 9.17) is 16.1 Å². The smallest absolute Gasteiger partial charge is 0.280 e. The molecule has 7 nitrogen and oxygen atoms in total. The number of aliphatic hydroxyl groups excluding tert-OH is 1. The molecule has 0 spiro atoms. The van der Waals surface area contributed by atoms with Gasteiger partial charge in [-0.3, -0.25) is 10.1 Å². The van der Waals surface area contributed by atoms with Crippen LogP contribution >= 0.6 is 19.5 Å². The van der Waals surface area contributed by atoms with Crippen LogP contribution in [-0.4, -0.2) is 10.0 Å². The Bertz CT molecular complexity index is 1130. The number of nitro benzene ring substituents is 1. The zero-order valence-electron chi connectivity index (χ0n) is 15.3. The van der Waals surface area contributed by atoms with E-state index in [1.165, 1.54) is 35.0 Å². The van der Waals surface area contributed by atoms with Crippen molar-refractivity contribution in [3.63, 3.8) is 0 Å². The number of fused-ring (bicyclic) bond motifs is 1. The van der Waals surface area contributed by atoms with Crippen LogP contribution in [0.2, 0.25) is 5.02 Å². The molecule has 154 valence electrons. The van der Waals surface area contributed by atoms with Crippen molar-refractivity contribution in [1.82, 2.24) is 0 Å². The number of hydrogen-bond donors (Lipinski definition) is 1. The topological polar surface area (TPSA) is 98.9 Å². The fourth-order valence-corrected chi connectivity index (χ4v) is 5.67. The summed E-state index contributed by atoms with van der Waals surface area (Å²) in [5.74, 6) is -2.02. The van der Waals surface area contributed by atoms with Crippen molar-refractivity contribution in [2.45, 2.75) is 12.4 Å². The molecule has 3 aromatic rings. The normalized spacial score (nSPS) is 19.0. The van der Waals surface area contributed by atoms with Crippen molar-refractivity contribution in [2.75, 3.05) is 4.67 Å². The molecule has 0 aromatic heterocycles. The molecular formula is C20H15ClFN2O5P. The van der Waals surface area contributed by atoms with E-state index >= 15 is 0 Å².